The van der Waals surface area contributed by atoms with Crippen molar-refractivity contribution in [3.05, 3.63) is 29.3 Å². The van der Waals surface area contributed by atoms with E-state index in [-0.39, 0.29) is 5.60 Å². The van der Waals surface area contributed by atoms with Gasteiger partial charge in [-0.2, -0.15) is 5.26 Å². The number of fused-ring (bicyclic) bond motifs is 1. The Hall–Kier alpha value is -1.53. The van der Waals surface area contributed by atoms with Gasteiger partial charge in [0.15, 0.2) is 0 Å². The SMILES string of the molecule is N#Cc1cccc2c1CC1(CCNCC1)O2. The molecule has 1 spiro atoms. The Balaban J connectivity index is 1.97. The number of benzene rings is 1. The van der Waals surface area contributed by atoms with Gasteiger partial charge in [0.05, 0.1) is 11.6 Å². The fourth-order valence-corrected chi connectivity index (χ4v) is 2.70. The van der Waals surface area contributed by atoms with E-state index < -0.39 is 0 Å². The lowest BCUT2D eigenvalue weighted by atomic mass is 9.87. The molecule has 0 radical (unpaired) electrons. The van der Waals surface area contributed by atoms with Crippen LogP contribution >= 0.6 is 0 Å². The van der Waals surface area contributed by atoms with Crippen molar-refractivity contribution in [3.63, 3.8) is 0 Å². The van der Waals surface area contributed by atoms with Crippen molar-refractivity contribution in [1.29, 1.82) is 5.26 Å². The van der Waals surface area contributed by atoms with E-state index in [2.05, 4.69) is 11.4 Å². The lowest BCUT2D eigenvalue weighted by Gasteiger charge is -2.33. The van der Waals surface area contributed by atoms with Crippen molar-refractivity contribution in [2.45, 2.75) is 24.9 Å². The third kappa shape index (κ3) is 1.38. The molecule has 3 rings (SSSR count). The summed E-state index contributed by atoms with van der Waals surface area (Å²) in [7, 11) is 0. The molecule has 0 aromatic heterocycles. The van der Waals surface area contributed by atoms with E-state index in [0.29, 0.717) is 0 Å². The second-order valence-corrected chi connectivity index (χ2v) is 4.61. The van der Waals surface area contributed by atoms with E-state index in [1.165, 1.54) is 0 Å². The van der Waals surface area contributed by atoms with Crippen molar-refractivity contribution in [2.75, 3.05) is 13.1 Å². The van der Waals surface area contributed by atoms with Crippen LogP contribution in [0.5, 0.6) is 5.75 Å². The van der Waals surface area contributed by atoms with Crippen LogP contribution in [0, 0.1) is 11.3 Å². The van der Waals surface area contributed by atoms with Crippen LogP contribution in [0.4, 0.5) is 0 Å². The van der Waals surface area contributed by atoms with E-state index in [0.717, 1.165) is 49.2 Å². The van der Waals surface area contributed by atoms with Crippen LogP contribution in [-0.2, 0) is 6.42 Å². The molecule has 82 valence electrons. The van der Waals surface area contributed by atoms with Gasteiger partial charge >= 0.3 is 0 Å². The highest BCUT2D eigenvalue weighted by atomic mass is 16.5. The Kier molecular flexibility index (Phi) is 2.12. The van der Waals surface area contributed by atoms with Crippen LogP contribution in [0.2, 0.25) is 0 Å². The molecule has 2 aliphatic heterocycles. The third-order valence-corrected chi connectivity index (χ3v) is 3.59. The predicted octanol–water partition coefficient (Wildman–Crippen LogP) is 1.62. The van der Waals surface area contributed by atoms with Gasteiger partial charge in [-0.05, 0) is 38.1 Å². The van der Waals surface area contributed by atoms with E-state index in [9.17, 15) is 0 Å². The Morgan fingerprint density at radius 2 is 2.12 bits per heavy atom. The van der Waals surface area contributed by atoms with E-state index >= 15 is 0 Å². The maximum Gasteiger partial charge on any atom is 0.124 e. The summed E-state index contributed by atoms with van der Waals surface area (Å²) in [5.41, 5.74) is 1.83. The number of hydrogen-bond acceptors (Lipinski definition) is 3. The Morgan fingerprint density at radius 3 is 2.88 bits per heavy atom. The number of nitriles is 1. The summed E-state index contributed by atoms with van der Waals surface area (Å²) in [6.07, 6.45) is 2.97. The van der Waals surface area contributed by atoms with Gasteiger partial charge in [-0.3, -0.25) is 0 Å². The minimum Gasteiger partial charge on any atom is -0.487 e. The van der Waals surface area contributed by atoms with Crippen molar-refractivity contribution in [1.82, 2.24) is 5.32 Å². The van der Waals surface area contributed by atoms with Gasteiger partial charge in [0.2, 0.25) is 0 Å². The summed E-state index contributed by atoms with van der Waals surface area (Å²) in [5, 5.41) is 12.4. The average molecular weight is 214 g/mol. The van der Waals surface area contributed by atoms with E-state index in [1.807, 2.05) is 18.2 Å². The molecular weight excluding hydrogens is 200 g/mol. The Morgan fingerprint density at radius 1 is 1.31 bits per heavy atom. The first-order valence-electron chi connectivity index (χ1n) is 5.75. The lowest BCUT2D eigenvalue weighted by molar-refractivity contribution is 0.0600. The number of nitrogens with one attached hydrogen (secondary N) is 1. The molecule has 16 heavy (non-hydrogen) atoms. The zero-order valence-corrected chi connectivity index (χ0v) is 9.12. The minimum atomic E-state index is -0.0411. The zero-order valence-electron chi connectivity index (χ0n) is 9.12. The van der Waals surface area contributed by atoms with Crippen LogP contribution < -0.4 is 10.1 Å². The molecular formula is C13H14N2O. The number of nitrogens with zero attached hydrogens (tertiary/aromatic N) is 1. The molecule has 0 bridgehead atoms. The highest BCUT2D eigenvalue weighted by Gasteiger charge is 2.41. The molecule has 0 aliphatic carbocycles. The smallest absolute Gasteiger partial charge is 0.124 e. The molecule has 1 aromatic carbocycles. The number of piperidine rings is 1. The van der Waals surface area contributed by atoms with Gasteiger partial charge in [-0.25, -0.2) is 0 Å². The van der Waals surface area contributed by atoms with E-state index in [1.54, 1.807) is 0 Å². The van der Waals surface area contributed by atoms with Gasteiger partial charge in [0.1, 0.15) is 11.4 Å². The Labute approximate surface area is 95.0 Å². The monoisotopic (exact) mass is 214 g/mol. The summed E-state index contributed by atoms with van der Waals surface area (Å²) in [5.74, 6) is 0.918. The molecule has 0 unspecified atom stereocenters. The summed E-state index contributed by atoms with van der Waals surface area (Å²) < 4.78 is 6.09. The van der Waals surface area contributed by atoms with Crippen LogP contribution in [-0.4, -0.2) is 18.7 Å². The largest absolute Gasteiger partial charge is 0.487 e. The maximum atomic E-state index is 9.07. The number of ether oxygens (including phenoxy) is 1. The zero-order chi connectivity index (χ0) is 11.0. The molecule has 3 nitrogen and oxygen atoms in total. The Bertz CT molecular complexity index is 455. The first-order valence-corrected chi connectivity index (χ1v) is 5.75. The lowest BCUT2D eigenvalue weighted by Crippen LogP contribution is -2.45. The van der Waals surface area contributed by atoms with Gasteiger partial charge < -0.3 is 10.1 Å². The standard InChI is InChI=1S/C13H14N2O/c14-9-10-2-1-3-12-11(10)8-13(16-12)4-6-15-7-5-13/h1-3,15H,4-8H2. The highest BCUT2D eigenvalue weighted by Crippen LogP contribution is 2.41. The quantitative estimate of drug-likeness (QED) is 0.713. The van der Waals surface area contributed by atoms with Crippen LogP contribution in [0.15, 0.2) is 18.2 Å². The number of hydrogen-bond donors (Lipinski definition) is 1. The summed E-state index contributed by atoms with van der Waals surface area (Å²) in [4.78, 5) is 0. The summed E-state index contributed by atoms with van der Waals surface area (Å²) >= 11 is 0. The highest BCUT2D eigenvalue weighted by molar-refractivity contribution is 5.50. The third-order valence-electron chi connectivity index (χ3n) is 3.59. The van der Waals surface area contributed by atoms with Gasteiger partial charge in [-0.1, -0.05) is 6.07 Å². The number of rotatable bonds is 0. The summed E-state index contributed by atoms with van der Waals surface area (Å²) in [6, 6.07) is 8.01. The molecule has 0 saturated carbocycles. The average Bonchev–Trinajstić information content (AvgIpc) is 2.67. The predicted molar refractivity (Wildman–Crippen MR) is 60.3 cm³/mol. The molecule has 1 N–H and O–H groups in total. The van der Waals surface area contributed by atoms with Crippen LogP contribution in [0.25, 0.3) is 0 Å². The molecule has 0 amide bonds. The van der Waals surface area contributed by atoms with E-state index in [4.69, 9.17) is 10.00 Å². The maximum absolute atomic E-state index is 9.07. The van der Waals surface area contributed by atoms with Crippen LogP contribution in [0.1, 0.15) is 24.0 Å². The molecule has 1 fully saturated rings. The normalized spacial score (nSPS) is 21.2. The van der Waals surface area contributed by atoms with Gasteiger partial charge in [0, 0.05) is 12.0 Å². The fourth-order valence-electron chi connectivity index (χ4n) is 2.70. The summed E-state index contributed by atoms with van der Waals surface area (Å²) in [6.45, 7) is 2.02. The van der Waals surface area contributed by atoms with Crippen molar-refractivity contribution < 1.29 is 4.74 Å². The van der Waals surface area contributed by atoms with Crippen molar-refractivity contribution >= 4 is 0 Å². The van der Waals surface area contributed by atoms with Crippen molar-refractivity contribution in [2.24, 2.45) is 0 Å². The molecule has 0 atom stereocenters. The second-order valence-electron chi connectivity index (χ2n) is 4.61. The first kappa shape index (κ1) is 9.68. The minimum absolute atomic E-state index is 0.0411. The second kappa shape index (κ2) is 3.50. The molecule has 1 aromatic rings. The van der Waals surface area contributed by atoms with Gasteiger partial charge in [-0.15, -0.1) is 0 Å². The fraction of sp³-hybridized carbons (Fsp3) is 0.462. The topological polar surface area (TPSA) is 45.0 Å². The molecule has 1 saturated heterocycles. The first-order chi connectivity index (χ1) is 7.83. The van der Waals surface area contributed by atoms with Crippen LogP contribution in [0.3, 0.4) is 0 Å². The molecule has 2 aliphatic rings. The molecule has 2 heterocycles. The van der Waals surface area contributed by atoms with Crippen molar-refractivity contribution in [3.8, 4) is 11.8 Å². The molecule has 3 heteroatoms. The van der Waals surface area contributed by atoms with Gasteiger partial charge in [0.25, 0.3) is 0 Å².